The molecule has 2 nitrogen and oxygen atoms in total. The van der Waals surface area contributed by atoms with Gasteiger partial charge < -0.3 is 4.57 Å². The number of halogens is 1. The molecule has 0 spiro atoms. The fraction of sp³-hybridized carbons (Fsp3) is 0.250. The third-order valence-electron chi connectivity index (χ3n) is 2.78. The van der Waals surface area contributed by atoms with Crippen LogP contribution >= 0.6 is 11.6 Å². The van der Waals surface area contributed by atoms with Crippen LogP contribution in [0.4, 0.5) is 0 Å². The summed E-state index contributed by atoms with van der Waals surface area (Å²) in [6, 6.07) is 5.64. The van der Waals surface area contributed by atoms with Gasteiger partial charge in [0.25, 0.3) is 0 Å². The van der Waals surface area contributed by atoms with Crippen molar-refractivity contribution in [2.75, 3.05) is 0 Å². The lowest BCUT2D eigenvalue weighted by Gasteiger charge is -2.00. The highest BCUT2D eigenvalue weighted by Crippen LogP contribution is 2.27. The zero-order chi connectivity index (χ0) is 11.0. The zero-order valence-corrected chi connectivity index (χ0v) is 9.51. The topological polar surface area (TPSA) is 22.0 Å². The Morgan fingerprint density at radius 1 is 1.47 bits per heavy atom. The molecule has 0 N–H and O–H groups in total. The van der Waals surface area contributed by atoms with Crippen LogP contribution in [0.25, 0.3) is 10.9 Å². The van der Waals surface area contributed by atoms with Crippen LogP contribution in [0.3, 0.4) is 0 Å². The van der Waals surface area contributed by atoms with E-state index in [1.54, 1.807) is 0 Å². The van der Waals surface area contributed by atoms with Crippen molar-refractivity contribution in [3.05, 3.63) is 34.5 Å². The molecule has 0 atom stereocenters. The van der Waals surface area contributed by atoms with E-state index < -0.39 is 0 Å². The van der Waals surface area contributed by atoms with E-state index in [2.05, 4.69) is 4.57 Å². The van der Waals surface area contributed by atoms with Gasteiger partial charge in [0, 0.05) is 34.2 Å². The van der Waals surface area contributed by atoms with Gasteiger partial charge in [-0.2, -0.15) is 0 Å². The number of aromatic nitrogens is 1. The first-order chi connectivity index (χ1) is 7.19. The van der Waals surface area contributed by atoms with Gasteiger partial charge in [0.15, 0.2) is 6.29 Å². The van der Waals surface area contributed by atoms with Crippen LogP contribution in [0.5, 0.6) is 0 Å². The average Bonchev–Trinajstić information content (AvgIpc) is 2.50. The maximum Gasteiger partial charge on any atom is 0.152 e. The van der Waals surface area contributed by atoms with Crippen LogP contribution in [0.15, 0.2) is 18.2 Å². The van der Waals surface area contributed by atoms with Gasteiger partial charge in [0.2, 0.25) is 0 Å². The molecule has 0 aliphatic heterocycles. The van der Waals surface area contributed by atoms with Crippen molar-refractivity contribution in [3.8, 4) is 0 Å². The van der Waals surface area contributed by atoms with E-state index in [4.69, 9.17) is 11.6 Å². The summed E-state index contributed by atoms with van der Waals surface area (Å²) in [6.45, 7) is 2.04. The second-order valence-corrected chi connectivity index (χ2v) is 3.99. The van der Waals surface area contributed by atoms with Crippen LogP contribution in [-0.2, 0) is 13.5 Å². The standard InChI is InChI=1S/C12H12ClNO/c1-3-11-10(7-15)9-6-8(13)4-5-12(9)14(11)2/h4-7H,3H2,1-2H3. The summed E-state index contributed by atoms with van der Waals surface area (Å²) in [7, 11) is 1.97. The van der Waals surface area contributed by atoms with E-state index >= 15 is 0 Å². The average molecular weight is 222 g/mol. The Kier molecular flexibility index (Phi) is 2.53. The van der Waals surface area contributed by atoms with E-state index in [0.29, 0.717) is 5.02 Å². The number of carbonyl (C=O) groups is 1. The maximum atomic E-state index is 11.1. The Balaban J connectivity index is 2.91. The van der Waals surface area contributed by atoms with Gasteiger partial charge in [-0.3, -0.25) is 4.79 Å². The molecule has 0 radical (unpaired) electrons. The van der Waals surface area contributed by atoms with Gasteiger partial charge in [0.05, 0.1) is 0 Å². The summed E-state index contributed by atoms with van der Waals surface area (Å²) < 4.78 is 2.05. The van der Waals surface area contributed by atoms with Crippen molar-refractivity contribution in [1.29, 1.82) is 0 Å². The van der Waals surface area contributed by atoms with Crippen molar-refractivity contribution in [2.45, 2.75) is 13.3 Å². The zero-order valence-electron chi connectivity index (χ0n) is 8.75. The predicted octanol–water partition coefficient (Wildman–Crippen LogP) is 3.21. The van der Waals surface area contributed by atoms with E-state index in [0.717, 1.165) is 34.9 Å². The van der Waals surface area contributed by atoms with Crippen molar-refractivity contribution in [1.82, 2.24) is 4.57 Å². The molecule has 1 aromatic heterocycles. The summed E-state index contributed by atoms with van der Waals surface area (Å²) in [5.74, 6) is 0. The highest BCUT2D eigenvalue weighted by Gasteiger charge is 2.12. The largest absolute Gasteiger partial charge is 0.347 e. The van der Waals surface area contributed by atoms with Gasteiger partial charge in [0.1, 0.15) is 0 Å². The highest BCUT2D eigenvalue weighted by atomic mass is 35.5. The normalized spacial score (nSPS) is 10.9. The molecule has 2 aromatic rings. The summed E-state index contributed by atoms with van der Waals surface area (Å²) in [6.07, 6.45) is 1.76. The minimum absolute atomic E-state index is 0.666. The van der Waals surface area contributed by atoms with Gasteiger partial charge in [-0.05, 0) is 24.6 Å². The second-order valence-electron chi connectivity index (χ2n) is 3.55. The van der Waals surface area contributed by atoms with Crippen molar-refractivity contribution < 1.29 is 4.79 Å². The predicted molar refractivity (Wildman–Crippen MR) is 62.7 cm³/mol. The number of aryl methyl sites for hydroxylation is 1. The van der Waals surface area contributed by atoms with E-state index in [-0.39, 0.29) is 0 Å². The molecule has 0 amide bonds. The molecule has 0 saturated carbocycles. The molecule has 0 saturated heterocycles. The lowest BCUT2D eigenvalue weighted by Crippen LogP contribution is -1.96. The molecule has 1 aromatic carbocycles. The number of fused-ring (bicyclic) bond motifs is 1. The second kappa shape index (κ2) is 3.70. The molecule has 15 heavy (non-hydrogen) atoms. The highest BCUT2D eigenvalue weighted by molar-refractivity contribution is 6.31. The van der Waals surface area contributed by atoms with Gasteiger partial charge in [-0.1, -0.05) is 18.5 Å². The number of aldehydes is 1. The Morgan fingerprint density at radius 2 is 2.20 bits per heavy atom. The van der Waals surface area contributed by atoms with Crippen molar-refractivity contribution in [2.24, 2.45) is 7.05 Å². The van der Waals surface area contributed by atoms with E-state index in [1.165, 1.54) is 0 Å². The number of hydrogen-bond acceptors (Lipinski definition) is 1. The Labute approximate surface area is 93.5 Å². The van der Waals surface area contributed by atoms with E-state index in [1.807, 2.05) is 32.2 Å². The number of hydrogen-bond donors (Lipinski definition) is 0. The first-order valence-electron chi connectivity index (χ1n) is 4.91. The van der Waals surface area contributed by atoms with Crippen molar-refractivity contribution >= 4 is 28.8 Å². The Morgan fingerprint density at radius 3 is 2.80 bits per heavy atom. The Hall–Kier alpha value is -1.28. The first kappa shape index (κ1) is 10.2. The molecule has 0 aliphatic carbocycles. The van der Waals surface area contributed by atoms with Crippen LogP contribution in [-0.4, -0.2) is 10.9 Å². The van der Waals surface area contributed by atoms with Crippen LogP contribution in [0, 0.1) is 0 Å². The molecular weight excluding hydrogens is 210 g/mol. The van der Waals surface area contributed by atoms with Gasteiger partial charge >= 0.3 is 0 Å². The number of rotatable bonds is 2. The monoisotopic (exact) mass is 221 g/mol. The molecule has 1 heterocycles. The summed E-state index contributed by atoms with van der Waals surface area (Å²) >= 11 is 5.93. The quantitative estimate of drug-likeness (QED) is 0.714. The molecule has 3 heteroatoms. The summed E-state index contributed by atoms with van der Waals surface area (Å²) in [4.78, 5) is 11.1. The van der Waals surface area contributed by atoms with Gasteiger partial charge in [-0.15, -0.1) is 0 Å². The molecule has 0 aliphatic rings. The van der Waals surface area contributed by atoms with Crippen LogP contribution < -0.4 is 0 Å². The maximum absolute atomic E-state index is 11.1. The fourth-order valence-corrected chi connectivity index (χ4v) is 2.23. The Bertz CT molecular complexity index is 528. The minimum Gasteiger partial charge on any atom is -0.347 e. The number of nitrogens with zero attached hydrogens (tertiary/aromatic N) is 1. The van der Waals surface area contributed by atoms with Crippen LogP contribution in [0.2, 0.25) is 5.02 Å². The molecular formula is C12H12ClNO. The molecule has 78 valence electrons. The molecule has 0 unspecified atom stereocenters. The SMILES string of the molecule is CCc1c(C=O)c2cc(Cl)ccc2n1C. The minimum atomic E-state index is 0.666. The third-order valence-corrected chi connectivity index (χ3v) is 3.01. The molecule has 0 fully saturated rings. The van der Waals surface area contributed by atoms with E-state index in [9.17, 15) is 4.79 Å². The summed E-state index contributed by atoms with van der Waals surface area (Å²) in [5, 5.41) is 1.61. The van der Waals surface area contributed by atoms with Gasteiger partial charge in [-0.25, -0.2) is 0 Å². The number of carbonyl (C=O) groups excluding carboxylic acids is 1. The third kappa shape index (κ3) is 1.45. The smallest absolute Gasteiger partial charge is 0.152 e. The lowest BCUT2D eigenvalue weighted by molar-refractivity contribution is 0.112. The van der Waals surface area contributed by atoms with Crippen molar-refractivity contribution in [3.63, 3.8) is 0 Å². The molecule has 0 bridgehead atoms. The lowest BCUT2D eigenvalue weighted by atomic mass is 10.1. The fourth-order valence-electron chi connectivity index (χ4n) is 2.06. The number of benzene rings is 1. The van der Waals surface area contributed by atoms with Crippen LogP contribution in [0.1, 0.15) is 23.0 Å². The molecule has 2 rings (SSSR count). The summed E-state index contributed by atoms with van der Waals surface area (Å²) in [5.41, 5.74) is 2.87. The first-order valence-corrected chi connectivity index (χ1v) is 5.28.